The highest BCUT2D eigenvalue weighted by atomic mass is 19.1. The van der Waals surface area contributed by atoms with E-state index in [9.17, 15) is 33.1 Å². The molecule has 0 spiro atoms. The van der Waals surface area contributed by atoms with Crippen molar-refractivity contribution in [3.05, 3.63) is 70.8 Å². The van der Waals surface area contributed by atoms with Crippen LogP contribution < -0.4 is 11.1 Å². The number of aliphatic carboxylic acids is 1. The van der Waals surface area contributed by atoms with Gasteiger partial charge in [-0.2, -0.15) is 0 Å². The highest BCUT2D eigenvalue weighted by molar-refractivity contribution is 6.35. The van der Waals surface area contributed by atoms with Gasteiger partial charge in [-0.05, 0) is 24.6 Å². The van der Waals surface area contributed by atoms with Crippen molar-refractivity contribution in [1.82, 2.24) is 15.1 Å². The van der Waals surface area contributed by atoms with Crippen molar-refractivity contribution < 1.29 is 33.1 Å². The molecule has 2 aromatic rings. The van der Waals surface area contributed by atoms with Gasteiger partial charge in [0.1, 0.15) is 23.6 Å². The van der Waals surface area contributed by atoms with Crippen LogP contribution in [0.25, 0.3) is 0 Å². The number of nitrogen functional groups attached to an aromatic ring is 1. The van der Waals surface area contributed by atoms with Crippen LogP contribution in [0.1, 0.15) is 47.3 Å². The minimum absolute atomic E-state index is 0.126. The quantitative estimate of drug-likeness (QED) is 0.232. The lowest BCUT2D eigenvalue weighted by Crippen LogP contribution is -2.65. The Morgan fingerprint density at radius 3 is 2.33 bits per heavy atom. The van der Waals surface area contributed by atoms with Crippen molar-refractivity contribution in [2.45, 2.75) is 32.0 Å². The van der Waals surface area contributed by atoms with Gasteiger partial charge in [-0.3, -0.25) is 24.6 Å². The molecule has 1 aliphatic rings. The Kier molecular flexibility index (Phi) is 7.97. The molecule has 1 saturated heterocycles. The predicted octanol–water partition coefficient (Wildman–Crippen LogP) is 1.60. The van der Waals surface area contributed by atoms with Gasteiger partial charge in [0.05, 0.1) is 19.0 Å². The minimum atomic E-state index is -1.42. The Morgan fingerprint density at radius 1 is 1.14 bits per heavy atom. The van der Waals surface area contributed by atoms with Crippen LogP contribution >= 0.6 is 0 Å². The van der Waals surface area contributed by atoms with E-state index in [0.29, 0.717) is 18.1 Å². The predicted molar refractivity (Wildman–Crippen MR) is 124 cm³/mol. The summed E-state index contributed by atoms with van der Waals surface area (Å²) in [6.45, 7) is 1.57. The third-order valence-corrected chi connectivity index (χ3v) is 5.74. The number of halogens is 2. The fourth-order valence-corrected chi connectivity index (χ4v) is 4.01. The van der Waals surface area contributed by atoms with Crippen LogP contribution in [-0.4, -0.2) is 63.7 Å². The third-order valence-electron chi connectivity index (χ3n) is 5.74. The number of rotatable bonds is 9. The van der Waals surface area contributed by atoms with Crippen molar-refractivity contribution >= 4 is 29.5 Å². The summed E-state index contributed by atoms with van der Waals surface area (Å²) in [4.78, 5) is 52.5. The zero-order valence-corrected chi connectivity index (χ0v) is 19.3. The van der Waals surface area contributed by atoms with E-state index < -0.39 is 54.0 Å². The Bertz CT molecular complexity index is 1200. The van der Waals surface area contributed by atoms with Gasteiger partial charge in [-0.15, -0.1) is 0 Å². The van der Waals surface area contributed by atoms with Gasteiger partial charge < -0.3 is 26.0 Å². The molecule has 0 aliphatic carbocycles. The van der Waals surface area contributed by atoms with Gasteiger partial charge >= 0.3 is 17.8 Å². The van der Waals surface area contributed by atoms with E-state index in [2.05, 4.69) is 5.32 Å². The van der Waals surface area contributed by atoms with Gasteiger partial charge in [0.15, 0.2) is 0 Å². The number of amidine groups is 1. The number of amides is 3. The smallest absolute Gasteiger partial charge is 0.313 e. The standard InChI is InChI=1S/C24H25F2N5O5/c1-2-9-30-19(29-22(34)14-5-3-13(4-6-14)21(27)28)12-31(24(36)23(30)35)18(11-20(32)33)16-8-7-15(25)10-17(16)26/h3-8,10,18-19H,2,9,11-12H2,1H3,(H3,27,28)(H,29,34)(H,32,33). The number of hydrogen-bond acceptors (Lipinski definition) is 5. The molecule has 5 N–H and O–H groups in total. The molecule has 0 aromatic heterocycles. The number of nitrogens with two attached hydrogens (primary N) is 1. The first-order valence-corrected chi connectivity index (χ1v) is 11.1. The molecule has 3 rings (SSSR count). The first kappa shape index (κ1) is 26.3. The zero-order chi connectivity index (χ0) is 26.6. The molecule has 36 heavy (non-hydrogen) atoms. The summed E-state index contributed by atoms with van der Waals surface area (Å²) >= 11 is 0. The largest absolute Gasteiger partial charge is 0.481 e. The van der Waals surface area contributed by atoms with Gasteiger partial charge in [-0.25, -0.2) is 8.78 Å². The zero-order valence-electron chi connectivity index (χ0n) is 19.3. The Labute approximate surface area is 205 Å². The molecule has 0 radical (unpaired) electrons. The lowest BCUT2D eigenvalue weighted by atomic mass is 9.99. The summed E-state index contributed by atoms with van der Waals surface area (Å²) in [5.41, 5.74) is 5.75. The Morgan fingerprint density at radius 2 is 1.78 bits per heavy atom. The minimum Gasteiger partial charge on any atom is -0.481 e. The van der Waals surface area contributed by atoms with Crippen LogP contribution in [0.5, 0.6) is 0 Å². The van der Waals surface area contributed by atoms with Crippen LogP contribution in [0, 0.1) is 17.0 Å². The Hall–Kier alpha value is -4.35. The highest BCUT2D eigenvalue weighted by Gasteiger charge is 2.43. The summed E-state index contributed by atoms with van der Waals surface area (Å²) in [7, 11) is 0. The SMILES string of the molecule is CCCN1C(=O)C(=O)N(C(CC(=O)O)c2ccc(F)cc2F)CC1NC(=O)c1ccc(C(=N)N)cc1. The first-order valence-electron chi connectivity index (χ1n) is 11.1. The summed E-state index contributed by atoms with van der Waals surface area (Å²) in [6.07, 6.45) is -1.33. The number of carbonyl (C=O) groups is 4. The molecule has 3 amide bonds. The van der Waals surface area contributed by atoms with E-state index in [-0.39, 0.29) is 30.1 Å². The normalized spacial score (nSPS) is 16.6. The number of carbonyl (C=O) groups excluding carboxylic acids is 3. The van der Waals surface area contributed by atoms with E-state index in [0.717, 1.165) is 17.0 Å². The number of nitrogens with one attached hydrogen (secondary N) is 2. The second-order valence-corrected chi connectivity index (χ2v) is 8.22. The second kappa shape index (κ2) is 10.9. The molecular weight excluding hydrogens is 476 g/mol. The van der Waals surface area contributed by atoms with E-state index in [1.165, 1.54) is 29.2 Å². The number of hydrogen-bond donors (Lipinski definition) is 4. The molecule has 2 atom stereocenters. The lowest BCUT2D eigenvalue weighted by Gasteiger charge is -2.43. The molecule has 1 heterocycles. The van der Waals surface area contributed by atoms with E-state index in [1.807, 2.05) is 0 Å². The molecule has 2 unspecified atom stereocenters. The maximum absolute atomic E-state index is 14.6. The molecule has 0 bridgehead atoms. The topological polar surface area (TPSA) is 157 Å². The van der Waals surface area contributed by atoms with E-state index in [1.54, 1.807) is 6.92 Å². The highest BCUT2D eigenvalue weighted by Crippen LogP contribution is 2.30. The Balaban J connectivity index is 1.95. The maximum Gasteiger partial charge on any atom is 0.313 e. The van der Waals surface area contributed by atoms with Gasteiger partial charge in [-0.1, -0.05) is 25.1 Å². The van der Waals surface area contributed by atoms with Crippen LogP contribution in [-0.2, 0) is 14.4 Å². The van der Waals surface area contributed by atoms with Crippen LogP contribution in [0.15, 0.2) is 42.5 Å². The molecular formula is C24H25F2N5O5. The molecule has 1 aliphatic heterocycles. The van der Waals surface area contributed by atoms with Crippen molar-refractivity contribution in [2.24, 2.45) is 5.73 Å². The number of nitrogens with zero attached hydrogens (tertiary/aromatic N) is 2. The number of carboxylic acids is 1. The number of benzene rings is 2. The summed E-state index contributed by atoms with van der Waals surface area (Å²) in [5.74, 6) is -6.15. The average Bonchev–Trinajstić information content (AvgIpc) is 2.82. The van der Waals surface area contributed by atoms with E-state index in [4.69, 9.17) is 11.1 Å². The monoisotopic (exact) mass is 501 g/mol. The fourth-order valence-electron chi connectivity index (χ4n) is 4.01. The van der Waals surface area contributed by atoms with Crippen LogP contribution in [0.2, 0.25) is 0 Å². The maximum atomic E-state index is 14.6. The van der Waals surface area contributed by atoms with E-state index >= 15 is 0 Å². The summed E-state index contributed by atoms with van der Waals surface area (Å²) < 4.78 is 28.0. The lowest BCUT2D eigenvalue weighted by molar-refractivity contribution is -0.162. The van der Waals surface area contributed by atoms with Crippen molar-refractivity contribution in [1.29, 1.82) is 5.41 Å². The average molecular weight is 501 g/mol. The fraction of sp³-hybridized carbons (Fsp3) is 0.292. The van der Waals surface area contributed by atoms with Crippen LogP contribution in [0.3, 0.4) is 0 Å². The van der Waals surface area contributed by atoms with Gasteiger partial charge in [0.25, 0.3) is 5.91 Å². The molecule has 190 valence electrons. The summed E-state index contributed by atoms with van der Waals surface area (Å²) in [5, 5.41) is 19.5. The van der Waals surface area contributed by atoms with Crippen LogP contribution in [0.4, 0.5) is 8.78 Å². The number of carboxylic acid groups (broad SMARTS) is 1. The van der Waals surface area contributed by atoms with Gasteiger partial charge in [0, 0.05) is 29.3 Å². The van der Waals surface area contributed by atoms with Gasteiger partial charge in [0.2, 0.25) is 0 Å². The first-order chi connectivity index (χ1) is 17.0. The number of piperazine rings is 1. The molecule has 1 fully saturated rings. The van der Waals surface area contributed by atoms with Crippen molar-refractivity contribution in [3.8, 4) is 0 Å². The third kappa shape index (κ3) is 5.65. The molecule has 2 aromatic carbocycles. The molecule has 12 heteroatoms. The van der Waals surface area contributed by atoms with Crippen molar-refractivity contribution in [2.75, 3.05) is 13.1 Å². The summed E-state index contributed by atoms with van der Waals surface area (Å²) in [6, 6.07) is 6.92. The molecule has 0 saturated carbocycles. The van der Waals surface area contributed by atoms with Crippen molar-refractivity contribution in [3.63, 3.8) is 0 Å². The molecule has 10 nitrogen and oxygen atoms in total. The second-order valence-electron chi connectivity index (χ2n) is 8.22.